The fourth-order valence-electron chi connectivity index (χ4n) is 2.99. The predicted molar refractivity (Wildman–Crippen MR) is 92.6 cm³/mol. The van der Waals surface area contributed by atoms with Gasteiger partial charge in [0.05, 0.1) is 25.4 Å². The van der Waals surface area contributed by atoms with Crippen molar-refractivity contribution in [3.8, 4) is 5.75 Å². The Morgan fingerprint density at radius 1 is 1.20 bits per heavy atom. The molecule has 1 aromatic heterocycles. The molecule has 2 aliphatic rings. The molecule has 0 unspecified atom stereocenters. The number of aromatic nitrogens is 2. The van der Waals surface area contributed by atoms with Gasteiger partial charge in [-0.3, -0.25) is 4.90 Å². The van der Waals surface area contributed by atoms with E-state index in [2.05, 4.69) is 22.0 Å². The maximum atomic E-state index is 5.90. The Morgan fingerprint density at radius 3 is 2.76 bits per heavy atom. The molecule has 0 bridgehead atoms. The second kappa shape index (κ2) is 7.54. The largest absolute Gasteiger partial charge is 0.494 e. The topological polar surface area (TPSA) is 60.6 Å². The van der Waals surface area contributed by atoms with Crippen LogP contribution in [0.15, 0.2) is 34.9 Å². The van der Waals surface area contributed by atoms with E-state index in [1.807, 2.05) is 30.3 Å². The lowest BCUT2D eigenvalue weighted by Crippen LogP contribution is -2.53. The van der Waals surface area contributed by atoms with Gasteiger partial charge in [-0.15, -0.1) is 0 Å². The number of rotatable bonds is 9. The number of likely N-dealkylation sites (tertiary alicyclic amines) is 1. The Labute approximate surface area is 148 Å². The summed E-state index contributed by atoms with van der Waals surface area (Å²) in [5.74, 6) is 3.07. The van der Waals surface area contributed by atoms with Crippen LogP contribution in [0.1, 0.15) is 49.9 Å². The average molecular weight is 343 g/mol. The molecule has 1 aromatic carbocycles. The molecule has 2 aromatic rings. The summed E-state index contributed by atoms with van der Waals surface area (Å²) in [4.78, 5) is 6.85. The normalized spacial score (nSPS) is 19.6. The molecule has 1 aliphatic carbocycles. The highest BCUT2D eigenvalue weighted by atomic mass is 16.5. The smallest absolute Gasteiger partial charge is 0.243 e. The fraction of sp³-hybridized carbons (Fsp3) is 0.579. The lowest BCUT2D eigenvalue weighted by molar-refractivity contribution is -0.0758. The minimum atomic E-state index is 0.168. The highest BCUT2D eigenvalue weighted by Gasteiger charge is 2.35. The van der Waals surface area contributed by atoms with E-state index < -0.39 is 0 Å². The Bertz CT molecular complexity index is 666. The van der Waals surface area contributed by atoms with E-state index in [1.165, 1.54) is 12.8 Å². The first kappa shape index (κ1) is 16.5. The summed E-state index contributed by atoms with van der Waals surface area (Å²) >= 11 is 0. The van der Waals surface area contributed by atoms with Gasteiger partial charge >= 0.3 is 0 Å². The van der Waals surface area contributed by atoms with Gasteiger partial charge < -0.3 is 14.0 Å². The molecule has 2 fully saturated rings. The Hall–Kier alpha value is -1.92. The summed E-state index contributed by atoms with van der Waals surface area (Å²) in [6.07, 6.45) is 3.59. The summed E-state index contributed by atoms with van der Waals surface area (Å²) in [5.41, 5.74) is 0. The zero-order valence-electron chi connectivity index (χ0n) is 14.6. The van der Waals surface area contributed by atoms with Crippen molar-refractivity contribution in [1.29, 1.82) is 0 Å². The van der Waals surface area contributed by atoms with E-state index in [-0.39, 0.29) is 6.04 Å². The summed E-state index contributed by atoms with van der Waals surface area (Å²) in [6.45, 7) is 5.37. The lowest BCUT2D eigenvalue weighted by Gasteiger charge is -2.41. The van der Waals surface area contributed by atoms with Crippen LogP contribution in [0.4, 0.5) is 0 Å². The summed E-state index contributed by atoms with van der Waals surface area (Å²) < 4.78 is 17.0. The molecule has 2 heterocycles. The first-order valence-corrected chi connectivity index (χ1v) is 9.16. The second-order valence-electron chi connectivity index (χ2n) is 6.90. The molecular weight excluding hydrogens is 318 g/mol. The molecule has 1 saturated heterocycles. The third-order valence-electron chi connectivity index (χ3n) is 4.84. The second-order valence-corrected chi connectivity index (χ2v) is 6.90. The van der Waals surface area contributed by atoms with Crippen LogP contribution in [0.5, 0.6) is 5.75 Å². The van der Waals surface area contributed by atoms with E-state index in [0.29, 0.717) is 18.6 Å². The van der Waals surface area contributed by atoms with Crippen molar-refractivity contribution in [3.63, 3.8) is 0 Å². The minimum absolute atomic E-state index is 0.168. The highest BCUT2D eigenvalue weighted by molar-refractivity contribution is 5.20. The van der Waals surface area contributed by atoms with Crippen molar-refractivity contribution < 1.29 is 14.0 Å². The Balaban J connectivity index is 1.11. The minimum Gasteiger partial charge on any atom is -0.494 e. The monoisotopic (exact) mass is 343 g/mol. The van der Waals surface area contributed by atoms with Crippen LogP contribution in [0.2, 0.25) is 0 Å². The molecule has 4 rings (SSSR count). The predicted octanol–water partition coefficient (Wildman–Crippen LogP) is 3.18. The zero-order valence-corrected chi connectivity index (χ0v) is 14.6. The Morgan fingerprint density at radius 2 is 2.00 bits per heavy atom. The van der Waals surface area contributed by atoms with E-state index in [1.54, 1.807) is 0 Å². The number of para-hydroxylation sites is 1. The molecule has 0 spiro atoms. The molecule has 0 radical (unpaired) electrons. The van der Waals surface area contributed by atoms with Crippen LogP contribution in [-0.2, 0) is 4.74 Å². The standard InChI is InChI=1S/C19H25N3O3/c1-14(19-20-18(21-25-19)15-8-9-15)22-12-17(13-22)24-11-5-10-23-16-6-3-2-4-7-16/h2-4,6-7,14-15,17H,5,8-13H2,1H3/t14-/m0/s1. The summed E-state index contributed by atoms with van der Waals surface area (Å²) in [5, 5.41) is 4.10. The van der Waals surface area contributed by atoms with Gasteiger partial charge in [0.15, 0.2) is 5.82 Å². The molecule has 6 heteroatoms. The summed E-state index contributed by atoms with van der Waals surface area (Å²) in [6, 6.07) is 10.1. The molecule has 1 atom stereocenters. The number of hydrogen-bond acceptors (Lipinski definition) is 6. The van der Waals surface area contributed by atoms with Crippen molar-refractivity contribution in [2.24, 2.45) is 0 Å². The van der Waals surface area contributed by atoms with E-state index in [0.717, 1.165) is 43.6 Å². The molecule has 0 amide bonds. The quantitative estimate of drug-likeness (QED) is 0.652. The first-order valence-electron chi connectivity index (χ1n) is 9.16. The van der Waals surface area contributed by atoms with Crippen molar-refractivity contribution in [2.75, 3.05) is 26.3 Å². The molecular formula is C19H25N3O3. The number of benzene rings is 1. The van der Waals surface area contributed by atoms with Crippen LogP contribution in [-0.4, -0.2) is 47.4 Å². The van der Waals surface area contributed by atoms with Crippen molar-refractivity contribution in [1.82, 2.24) is 15.0 Å². The van der Waals surface area contributed by atoms with E-state index >= 15 is 0 Å². The van der Waals surface area contributed by atoms with Gasteiger partial charge in [-0.2, -0.15) is 4.98 Å². The van der Waals surface area contributed by atoms with Crippen molar-refractivity contribution in [3.05, 3.63) is 42.0 Å². The maximum absolute atomic E-state index is 5.90. The van der Waals surface area contributed by atoms with Crippen LogP contribution in [0, 0.1) is 0 Å². The molecule has 25 heavy (non-hydrogen) atoms. The maximum Gasteiger partial charge on any atom is 0.243 e. The average Bonchev–Trinajstić information content (AvgIpc) is 3.33. The highest BCUT2D eigenvalue weighted by Crippen LogP contribution is 2.39. The molecule has 6 nitrogen and oxygen atoms in total. The van der Waals surface area contributed by atoms with Crippen LogP contribution < -0.4 is 4.74 Å². The summed E-state index contributed by atoms with van der Waals surface area (Å²) in [7, 11) is 0. The van der Waals surface area contributed by atoms with Gasteiger partial charge in [-0.1, -0.05) is 23.4 Å². The van der Waals surface area contributed by atoms with Gasteiger partial charge in [0.1, 0.15) is 5.75 Å². The third-order valence-corrected chi connectivity index (χ3v) is 4.84. The van der Waals surface area contributed by atoms with E-state index in [4.69, 9.17) is 14.0 Å². The molecule has 0 N–H and O–H groups in total. The fourth-order valence-corrected chi connectivity index (χ4v) is 2.99. The molecule has 1 saturated carbocycles. The van der Waals surface area contributed by atoms with Gasteiger partial charge in [-0.25, -0.2) is 0 Å². The lowest BCUT2D eigenvalue weighted by atomic mass is 10.1. The van der Waals surface area contributed by atoms with E-state index in [9.17, 15) is 0 Å². The van der Waals surface area contributed by atoms with Gasteiger partial charge in [-0.05, 0) is 31.9 Å². The van der Waals surface area contributed by atoms with Gasteiger partial charge in [0.2, 0.25) is 5.89 Å². The number of hydrogen-bond donors (Lipinski definition) is 0. The number of ether oxygens (including phenoxy) is 2. The van der Waals surface area contributed by atoms with Crippen molar-refractivity contribution in [2.45, 2.75) is 44.2 Å². The third kappa shape index (κ3) is 4.19. The van der Waals surface area contributed by atoms with Crippen molar-refractivity contribution >= 4 is 0 Å². The first-order chi connectivity index (χ1) is 12.3. The van der Waals surface area contributed by atoms with Gasteiger partial charge in [0.25, 0.3) is 0 Å². The van der Waals surface area contributed by atoms with Crippen LogP contribution in [0.25, 0.3) is 0 Å². The van der Waals surface area contributed by atoms with Crippen LogP contribution >= 0.6 is 0 Å². The van der Waals surface area contributed by atoms with Crippen LogP contribution in [0.3, 0.4) is 0 Å². The Kier molecular flexibility index (Phi) is 4.99. The molecule has 134 valence electrons. The SMILES string of the molecule is C[C@@H](c1nc(C2CC2)no1)N1CC(OCCCOc2ccccc2)C1. The van der Waals surface area contributed by atoms with Gasteiger partial charge in [0, 0.05) is 25.4 Å². The zero-order chi connectivity index (χ0) is 17.1. The molecule has 1 aliphatic heterocycles. The number of nitrogens with zero attached hydrogens (tertiary/aromatic N) is 3.